The van der Waals surface area contributed by atoms with E-state index in [1.165, 1.54) is 11.1 Å². The molecular formula is C14H19N3. The predicted octanol–water partition coefficient (Wildman–Crippen LogP) is 2.36. The van der Waals surface area contributed by atoms with Crippen molar-refractivity contribution in [3.8, 4) is 0 Å². The molecule has 0 saturated heterocycles. The first-order valence-corrected chi connectivity index (χ1v) is 5.95. The highest BCUT2D eigenvalue weighted by molar-refractivity contribution is 5.24. The third kappa shape index (κ3) is 2.94. The molecule has 0 aliphatic heterocycles. The molecule has 2 N–H and O–H groups in total. The molecule has 2 aromatic rings. The second kappa shape index (κ2) is 5.15. The van der Waals surface area contributed by atoms with E-state index in [0.29, 0.717) is 0 Å². The fourth-order valence-electron chi connectivity index (χ4n) is 1.99. The van der Waals surface area contributed by atoms with Gasteiger partial charge in [0.05, 0.1) is 0 Å². The van der Waals surface area contributed by atoms with Crippen molar-refractivity contribution in [3.05, 3.63) is 53.6 Å². The molecule has 1 unspecified atom stereocenters. The molecule has 0 bridgehead atoms. The number of rotatable bonds is 4. The minimum Gasteiger partial charge on any atom is -0.338 e. The van der Waals surface area contributed by atoms with Crippen LogP contribution in [0.25, 0.3) is 0 Å². The molecule has 0 amide bonds. The number of imidazole rings is 1. The number of aromatic nitrogens is 2. The van der Waals surface area contributed by atoms with Gasteiger partial charge in [0.15, 0.2) is 0 Å². The Morgan fingerprint density at radius 3 is 2.88 bits per heavy atom. The van der Waals surface area contributed by atoms with E-state index in [2.05, 4.69) is 36.2 Å². The first-order chi connectivity index (χ1) is 8.16. The van der Waals surface area contributed by atoms with Gasteiger partial charge in [0.1, 0.15) is 5.82 Å². The van der Waals surface area contributed by atoms with Crippen LogP contribution in [0.1, 0.15) is 29.4 Å². The third-order valence-corrected chi connectivity index (χ3v) is 3.07. The van der Waals surface area contributed by atoms with Gasteiger partial charge in [-0.05, 0) is 18.9 Å². The van der Waals surface area contributed by atoms with Crippen molar-refractivity contribution >= 4 is 0 Å². The summed E-state index contributed by atoms with van der Waals surface area (Å²) in [5.74, 6) is 1.09. The van der Waals surface area contributed by atoms with Crippen LogP contribution in [0.3, 0.4) is 0 Å². The van der Waals surface area contributed by atoms with Crippen LogP contribution in [0.5, 0.6) is 0 Å². The van der Waals surface area contributed by atoms with E-state index in [4.69, 9.17) is 5.73 Å². The number of benzene rings is 1. The van der Waals surface area contributed by atoms with Gasteiger partial charge >= 0.3 is 0 Å². The smallest absolute Gasteiger partial charge is 0.108 e. The number of aryl methyl sites for hydroxylation is 3. The maximum Gasteiger partial charge on any atom is 0.108 e. The van der Waals surface area contributed by atoms with E-state index in [0.717, 1.165) is 18.7 Å². The normalized spacial score (nSPS) is 12.6. The van der Waals surface area contributed by atoms with Gasteiger partial charge in [-0.3, -0.25) is 0 Å². The molecule has 1 aromatic carbocycles. The summed E-state index contributed by atoms with van der Waals surface area (Å²) in [6, 6.07) is 8.49. The van der Waals surface area contributed by atoms with Crippen LogP contribution < -0.4 is 5.73 Å². The Morgan fingerprint density at radius 2 is 2.24 bits per heavy atom. The summed E-state index contributed by atoms with van der Waals surface area (Å²) < 4.78 is 2.04. The Balaban J connectivity index is 1.98. The van der Waals surface area contributed by atoms with E-state index in [-0.39, 0.29) is 6.04 Å². The summed E-state index contributed by atoms with van der Waals surface area (Å²) in [4.78, 5) is 4.31. The Morgan fingerprint density at radius 1 is 1.41 bits per heavy atom. The molecule has 0 fully saturated rings. The zero-order valence-corrected chi connectivity index (χ0v) is 10.4. The molecule has 1 atom stereocenters. The molecule has 17 heavy (non-hydrogen) atoms. The minimum absolute atomic E-state index is 0.0894. The monoisotopic (exact) mass is 229 g/mol. The van der Waals surface area contributed by atoms with Gasteiger partial charge in [-0.15, -0.1) is 0 Å². The van der Waals surface area contributed by atoms with Crippen LogP contribution >= 0.6 is 0 Å². The quantitative estimate of drug-likeness (QED) is 0.874. The van der Waals surface area contributed by atoms with Crippen LogP contribution in [-0.2, 0) is 13.5 Å². The number of hydrogen-bond donors (Lipinski definition) is 1. The van der Waals surface area contributed by atoms with E-state index < -0.39 is 0 Å². The summed E-state index contributed by atoms with van der Waals surface area (Å²) in [6.07, 6.45) is 5.63. The van der Waals surface area contributed by atoms with Gasteiger partial charge < -0.3 is 10.3 Å². The lowest BCUT2D eigenvalue weighted by Gasteiger charge is -2.12. The highest BCUT2D eigenvalue weighted by Crippen LogP contribution is 2.17. The highest BCUT2D eigenvalue weighted by Gasteiger charge is 2.08. The van der Waals surface area contributed by atoms with Gasteiger partial charge in [0.25, 0.3) is 0 Å². The molecule has 1 aromatic heterocycles. The first kappa shape index (κ1) is 11.9. The fraction of sp³-hybridized carbons (Fsp3) is 0.357. The molecule has 90 valence electrons. The summed E-state index contributed by atoms with van der Waals surface area (Å²) in [5, 5.41) is 0. The summed E-state index contributed by atoms with van der Waals surface area (Å²) >= 11 is 0. The number of nitrogens with zero attached hydrogens (tertiary/aromatic N) is 2. The molecule has 0 radical (unpaired) electrons. The maximum atomic E-state index is 6.19. The Labute approximate surface area is 102 Å². The van der Waals surface area contributed by atoms with Crippen molar-refractivity contribution in [2.45, 2.75) is 25.8 Å². The maximum absolute atomic E-state index is 6.19. The highest BCUT2D eigenvalue weighted by atomic mass is 15.0. The predicted molar refractivity (Wildman–Crippen MR) is 69.6 cm³/mol. The standard InChI is InChI=1S/C14H19N3/c1-11-4-3-5-12(10-11)13(15)6-7-14-16-8-9-17(14)2/h3-5,8-10,13H,6-7,15H2,1-2H3. The SMILES string of the molecule is Cc1cccc(C(N)CCc2nccn2C)c1. The first-order valence-electron chi connectivity index (χ1n) is 5.95. The summed E-state index contributed by atoms with van der Waals surface area (Å²) in [5.41, 5.74) is 8.66. The van der Waals surface area contributed by atoms with E-state index in [1.54, 1.807) is 0 Å². The van der Waals surface area contributed by atoms with Crippen molar-refractivity contribution in [2.24, 2.45) is 12.8 Å². The Bertz CT molecular complexity index is 488. The van der Waals surface area contributed by atoms with Gasteiger partial charge in [-0.1, -0.05) is 29.8 Å². The number of nitrogens with two attached hydrogens (primary N) is 1. The van der Waals surface area contributed by atoms with Crippen LogP contribution in [0, 0.1) is 6.92 Å². The van der Waals surface area contributed by atoms with E-state index in [1.807, 2.05) is 24.0 Å². The van der Waals surface area contributed by atoms with Crippen molar-refractivity contribution < 1.29 is 0 Å². The van der Waals surface area contributed by atoms with Gasteiger partial charge in [-0.25, -0.2) is 4.98 Å². The lowest BCUT2D eigenvalue weighted by molar-refractivity contribution is 0.620. The second-order valence-electron chi connectivity index (χ2n) is 4.51. The molecule has 0 aliphatic carbocycles. The van der Waals surface area contributed by atoms with Crippen LogP contribution in [0.15, 0.2) is 36.7 Å². The number of hydrogen-bond acceptors (Lipinski definition) is 2. The van der Waals surface area contributed by atoms with Gasteiger partial charge in [-0.2, -0.15) is 0 Å². The fourth-order valence-corrected chi connectivity index (χ4v) is 1.99. The van der Waals surface area contributed by atoms with Crippen molar-refractivity contribution in [1.82, 2.24) is 9.55 Å². The Kier molecular flexibility index (Phi) is 3.59. The lowest BCUT2D eigenvalue weighted by Crippen LogP contribution is -2.12. The molecule has 0 saturated carbocycles. The lowest BCUT2D eigenvalue weighted by atomic mass is 10.0. The van der Waals surface area contributed by atoms with Gasteiger partial charge in [0.2, 0.25) is 0 Å². The van der Waals surface area contributed by atoms with Crippen molar-refractivity contribution in [1.29, 1.82) is 0 Å². The van der Waals surface area contributed by atoms with E-state index >= 15 is 0 Å². The zero-order chi connectivity index (χ0) is 12.3. The Hall–Kier alpha value is -1.61. The summed E-state index contributed by atoms with van der Waals surface area (Å²) in [6.45, 7) is 2.09. The molecular weight excluding hydrogens is 210 g/mol. The summed E-state index contributed by atoms with van der Waals surface area (Å²) in [7, 11) is 2.01. The molecule has 3 nitrogen and oxygen atoms in total. The second-order valence-corrected chi connectivity index (χ2v) is 4.51. The average molecular weight is 229 g/mol. The van der Waals surface area contributed by atoms with Crippen molar-refractivity contribution in [3.63, 3.8) is 0 Å². The minimum atomic E-state index is 0.0894. The zero-order valence-electron chi connectivity index (χ0n) is 10.4. The van der Waals surface area contributed by atoms with Crippen LogP contribution in [0.4, 0.5) is 0 Å². The van der Waals surface area contributed by atoms with Gasteiger partial charge in [0, 0.05) is 31.9 Å². The van der Waals surface area contributed by atoms with Crippen molar-refractivity contribution in [2.75, 3.05) is 0 Å². The molecule has 0 aliphatic rings. The topological polar surface area (TPSA) is 43.8 Å². The molecule has 2 rings (SSSR count). The van der Waals surface area contributed by atoms with Crippen LogP contribution in [-0.4, -0.2) is 9.55 Å². The van der Waals surface area contributed by atoms with Crippen LogP contribution in [0.2, 0.25) is 0 Å². The largest absolute Gasteiger partial charge is 0.338 e. The molecule has 3 heteroatoms. The third-order valence-electron chi connectivity index (χ3n) is 3.07. The van der Waals surface area contributed by atoms with E-state index in [9.17, 15) is 0 Å². The molecule has 1 heterocycles. The average Bonchev–Trinajstić information content (AvgIpc) is 2.72. The molecule has 0 spiro atoms.